The second kappa shape index (κ2) is 7.40. The molecule has 2 aromatic carbocycles. The summed E-state index contributed by atoms with van der Waals surface area (Å²) in [4.78, 5) is 12.4. The minimum absolute atomic E-state index is 0.266. The highest BCUT2D eigenvalue weighted by molar-refractivity contribution is 6.05. The van der Waals surface area contributed by atoms with Crippen molar-refractivity contribution in [2.75, 3.05) is 30.0 Å². The molecule has 23 heavy (non-hydrogen) atoms. The van der Waals surface area contributed by atoms with Gasteiger partial charge in [0.15, 0.2) is 0 Å². The molecule has 0 aliphatic carbocycles. The summed E-state index contributed by atoms with van der Waals surface area (Å²) in [6, 6.07) is 9.98. The van der Waals surface area contributed by atoms with Crippen molar-refractivity contribution in [2.45, 2.75) is 13.8 Å². The van der Waals surface area contributed by atoms with E-state index in [1.807, 2.05) is 13.8 Å². The van der Waals surface area contributed by atoms with Crippen LogP contribution >= 0.6 is 0 Å². The number of ether oxygens (including phenoxy) is 2. The molecule has 0 fully saturated rings. The molecule has 0 saturated carbocycles. The molecule has 2 rings (SSSR count). The van der Waals surface area contributed by atoms with Crippen LogP contribution in [0.25, 0.3) is 0 Å². The monoisotopic (exact) mass is 315 g/mol. The summed E-state index contributed by atoms with van der Waals surface area (Å²) in [6.07, 6.45) is 0. The van der Waals surface area contributed by atoms with Crippen LogP contribution in [0.5, 0.6) is 11.5 Å². The Morgan fingerprint density at radius 1 is 1.00 bits per heavy atom. The van der Waals surface area contributed by atoms with Crippen molar-refractivity contribution < 1.29 is 14.3 Å². The SMILES string of the molecule is CCOc1cc(NC(=O)c2ccc(N)cc2)c(OCC)cc1N. The molecule has 0 aromatic heterocycles. The van der Waals surface area contributed by atoms with E-state index in [9.17, 15) is 4.79 Å². The maximum Gasteiger partial charge on any atom is 0.255 e. The molecule has 0 aliphatic rings. The van der Waals surface area contributed by atoms with Gasteiger partial charge in [-0.1, -0.05) is 0 Å². The van der Waals surface area contributed by atoms with Crippen molar-refractivity contribution in [1.29, 1.82) is 0 Å². The van der Waals surface area contributed by atoms with Crippen molar-refractivity contribution in [3.05, 3.63) is 42.0 Å². The minimum atomic E-state index is -0.266. The standard InChI is InChI=1S/C17H21N3O3/c1-3-22-15-10-14(16(23-4-2)9-13(15)19)20-17(21)11-5-7-12(18)8-6-11/h5-10H,3-4,18-19H2,1-2H3,(H,20,21). The number of nitrogens with two attached hydrogens (primary N) is 2. The summed E-state index contributed by atoms with van der Waals surface area (Å²) in [7, 11) is 0. The second-order valence-electron chi connectivity index (χ2n) is 4.83. The van der Waals surface area contributed by atoms with Crippen LogP contribution in [-0.2, 0) is 0 Å². The molecule has 122 valence electrons. The third kappa shape index (κ3) is 4.06. The lowest BCUT2D eigenvalue weighted by molar-refractivity contribution is 0.102. The van der Waals surface area contributed by atoms with Crippen molar-refractivity contribution in [3.8, 4) is 11.5 Å². The van der Waals surface area contributed by atoms with Gasteiger partial charge in [-0.25, -0.2) is 0 Å². The van der Waals surface area contributed by atoms with Gasteiger partial charge in [-0.2, -0.15) is 0 Å². The zero-order valence-corrected chi connectivity index (χ0v) is 13.3. The maximum absolute atomic E-state index is 12.4. The number of nitrogen functional groups attached to an aromatic ring is 2. The number of carbonyl (C=O) groups excluding carboxylic acids is 1. The molecule has 0 spiro atoms. The van der Waals surface area contributed by atoms with E-state index >= 15 is 0 Å². The van der Waals surface area contributed by atoms with E-state index in [2.05, 4.69) is 5.32 Å². The number of hydrogen-bond donors (Lipinski definition) is 3. The fourth-order valence-corrected chi connectivity index (χ4v) is 2.06. The highest BCUT2D eigenvalue weighted by atomic mass is 16.5. The van der Waals surface area contributed by atoms with Gasteiger partial charge in [-0.15, -0.1) is 0 Å². The van der Waals surface area contributed by atoms with Gasteiger partial charge in [-0.05, 0) is 38.1 Å². The van der Waals surface area contributed by atoms with Crippen molar-refractivity contribution in [1.82, 2.24) is 0 Å². The summed E-state index contributed by atoms with van der Waals surface area (Å²) < 4.78 is 11.0. The molecule has 0 bridgehead atoms. The summed E-state index contributed by atoms with van der Waals surface area (Å²) in [5.41, 5.74) is 13.6. The van der Waals surface area contributed by atoms with Crippen LogP contribution in [0.3, 0.4) is 0 Å². The van der Waals surface area contributed by atoms with Crippen LogP contribution in [0.4, 0.5) is 17.1 Å². The Kier molecular flexibility index (Phi) is 5.30. The highest BCUT2D eigenvalue weighted by Crippen LogP contribution is 2.35. The molecule has 0 radical (unpaired) electrons. The lowest BCUT2D eigenvalue weighted by atomic mass is 10.2. The van der Waals surface area contributed by atoms with Gasteiger partial charge in [0.2, 0.25) is 0 Å². The Hall–Kier alpha value is -2.89. The van der Waals surface area contributed by atoms with Crippen molar-refractivity contribution >= 4 is 23.0 Å². The van der Waals surface area contributed by atoms with Gasteiger partial charge < -0.3 is 26.3 Å². The van der Waals surface area contributed by atoms with Gasteiger partial charge in [0.05, 0.1) is 24.6 Å². The molecule has 0 heterocycles. The number of anilines is 3. The Morgan fingerprint density at radius 3 is 2.22 bits per heavy atom. The van der Waals surface area contributed by atoms with Crippen LogP contribution in [0, 0.1) is 0 Å². The van der Waals surface area contributed by atoms with Crippen LogP contribution in [-0.4, -0.2) is 19.1 Å². The lowest BCUT2D eigenvalue weighted by Crippen LogP contribution is -2.13. The first-order valence-electron chi connectivity index (χ1n) is 7.41. The van der Waals surface area contributed by atoms with Gasteiger partial charge in [0, 0.05) is 23.4 Å². The summed E-state index contributed by atoms with van der Waals surface area (Å²) in [5, 5.41) is 2.82. The van der Waals surface area contributed by atoms with E-state index in [0.717, 1.165) is 0 Å². The number of hydrogen-bond acceptors (Lipinski definition) is 5. The Balaban J connectivity index is 2.30. The first-order valence-corrected chi connectivity index (χ1v) is 7.41. The highest BCUT2D eigenvalue weighted by Gasteiger charge is 2.14. The molecule has 0 atom stereocenters. The molecule has 0 unspecified atom stereocenters. The van der Waals surface area contributed by atoms with Crippen LogP contribution in [0.2, 0.25) is 0 Å². The topological polar surface area (TPSA) is 99.6 Å². The van der Waals surface area contributed by atoms with E-state index in [-0.39, 0.29) is 5.91 Å². The van der Waals surface area contributed by atoms with Gasteiger partial charge >= 0.3 is 0 Å². The fourth-order valence-electron chi connectivity index (χ4n) is 2.06. The number of carbonyl (C=O) groups is 1. The average molecular weight is 315 g/mol. The molecule has 6 nitrogen and oxygen atoms in total. The summed E-state index contributed by atoms with van der Waals surface area (Å²) in [5.74, 6) is 0.735. The maximum atomic E-state index is 12.4. The number of rotatable bonds is 6. The Bertz CT molecular complexity index is 684. The molecule has 2 aromatic rings. The molecule has 0 saturated heterocycles. The fraction of sp³-hybridized carbons (Fsp3) is 0.235. The number of amides is 1. The lowest BCUT2D eigenvalue weighted by Gasteiger charge is -2.15. The van der Waals surface area contributed by atoms with Gasteiger partial charge in [0.1, 0.15) is 11.5 Å². The minimum Gasteiger partial charge on any atom is -0.492 e. The molecule has 5 N–H and O–H groups in total. The van der Waals surface area contributed by atoms with E-state index in [1.54, 1.807) is 36.4 Å². The number of nitrogens with one attached hydrogen (secondary N) is 1. The Labute approximate surface area is 135 Å². The van der Waals surface area contributed by atoms with Gasteiger partial charge in [-0.3, -0.25) is 4.79 Å². The van der Waals surface area contributed by atoms with Gasteiger partial charge in [0.25, 0.3) is 5.91 Å². The molecule has 6 heteroatoms. The third-order valence-corrected chi connectivity index (χ3v) is 3.13. The summed E-state index contributed by atoms with van der Waals surface area (Å²) >= 11 is 0. The first kappa shape index (κ1) is 16.5. The van der Waals surface area contributed by atoms with E-state index in [4.69, 9.17) is 20.9 Å². The number of benzene rings is 2. The first-order chi connectivity index (χ1) is 11.0. The average Bonchev–Trinajstić information content (AvgIpc) is 2.52. The Morgan fingerprint density at radius 2 is 1.61 bits per heavy atom. The van der Waals surface area contributed by atoms with E-state index in [1.165, 1.54) is 0 Å². The van der Waals surface area contributed by atoms with Crippen LogP contribution in [0.15, 0.2) is 36.4 Å². The zero-order chi connectivity index (χ0) is 16.8. The predicted molar refractivity (Wildman–Crippen MR) is 92.0 cm³/mol. The van der Waals surface area contributed by atoms with Crippen molar-refractivity contribution in [3.63, 3.8) is 0 Å². The molecule has 0 aliphatic heterocycles. The quantitative estimate of drug-likeness (QED) is 0.712. The third-order valence-electron chi connectivity index (χ3n) is 3.13. The van der Waals surface area contributed by atoms with E-state index in [0.29, 0.717) is 47.3 Å². The largest absolute Gasteiger partial charge is 0.492 e. The predicted octanol–water partition coefficient (Wildman–Crippen LogP) is 2.90. The smallest absolute Gasteiger partial charge is 0.255 e. The summed E-state index contributed by atoms with van der Waals surface area (Å²) in [6.45, 7) is 4.66. The molecular weight excluding hydrogens is 294 g/mol. The van der Waals surface area contributed by atoms with Crippen molar-refractivity contribution in [2.24, 2.45) is 0 Å². The van der Waals surface area contributed by atoms with Crippen LogP contribution < -0.4 is 26.3 Å². The van der Waals surface area contributed by atoms with Crippen LogP contribution in [0.1, 0.15) is 24.2 Å². The molecule has 1 amide bonds. The normalized spacial score (nSPS) is 10.2. The molecular formula is C17H21N3O3. The zero-order valence-electron chi connectivity index (χ0n) is 13.3. The van der Waals surface area contributed by atoms with E-state index < -0.39 is 0 Å². The second-order valence-corrected chi connectivity index (χ2v) is 4.83.